The molecule has 0 aliphatic carbocycles. The van der Waals surface area contributed by atoms with Gasteiger partial charge in [-0.15, -0.1) is 0 Å². The first-order chi connectivity index (χ1) is 7.59. The van der Waals surface area contributed by atoms with Gasteiger partial charge in [0.2, 0.25) is 0 Å². The molecule has 4 heteroatoms. The van der Waals surface area contributed by atoms with Gasteiger partial charge in [0.15, 0.2) is 0 Å². The van der Waals surface area contributed by atoms with E-state index in [1.165, 1.54) is 6.20 Å². The summed E-state index contributed by atoms with van der Waals surface area (Å²) in [5.41, 5.74) is 2.87. The summed E-state index contributed by atoms with van der Waals surface area (Å²) in [5, 5.41) is 13.0. The van der Waals surface area contributed by atoms with Gasteiger partial charge < -0.3 is 5.11 Å². The fourth-order valence-electron chi connectivity index (χ4n) is 1.65. The van der Waals surface area contributed by atoms with E-state index in [1.54, 1.807) is 11.7 Å². The minimum Gasteiger partial charge on any atom is -0.478 e. The first-order valence-electron chi connectivity index (χ1n) is 4.92. The lowest BCUT2D eigenvalue weighted by Gasteiger charge is -2.04. The van der Waals surface area contributed by atoms with E-state index in [0.717, 1.165) is 11.1 Å². The molecule has 1 N–H and O–H groups in total. The molecule has 0 radical (unpaired) electrons. The maximum absolute atomic E-state index is 11.0. The van der Waals surface area contributed by atoms with Crippen molar-refractivity contribution in [1.29, 1.82) is 0 Å². The number of nitrogens with zero attached hydrogens (tertiary/aromatic N) is 2. The van der Waals surface area contributed by atoms with Crippen molar-refractivity contribution < 1.29 is 9.90 Å². The van der Waals surface area contributed by atoms with Crippen LogP contribution in [-0.4, -0.2) is 20.9 Å². The molecule has 0 amide bonds. The molecule has 0 unspecified atom stereocenters. The highest BCUT2D eigenvalue weighted by atomic mass is 16.4. The van der Waals surface area contributed by atoms with Crippen molar-refractivity contribution in [3.63, 3.8) is 0 Å². The van der Waals surface area contributed by atoms with E-state index in [0.29, 0.717) is 5.69 Å². The molecule has 0 atom stereocenters. The highest BCUT2D eigenvalue weighted by Crippen LogP contribution is 2.23. The molecule has 1 heterocycles. The van der Waals surface area contributed by atoms with E-state index in [2.05, 4.69) is 5.10 Å². The average molecular weight is 216 g/mol. The Bertz CT molecular complexity index is 526. The van der Waals surface area contributed by atoms with Crippen LogP contribution in [0.3, 0.4) is 0 Å². The third-order valence-corrected chi connectivity index (χ3v) is 2.49. The molecular weight excluding hydrogens is 204 g/mol. The molecule has 4 nitrogen and oxygen atoms in total. The summed E-state index contributed by atoms with van der Waals surface area (Å²) in [6.45, 7) is 1.99. The van der Waals surface area contributed by atoms with Gasteiger partial charge in [-0.3, -0.25) is 4.68 Å². The number of hydrogen-bond donors (Lipinski definition) is 1. The van der Waals surface area contributed by atoms with E-state index in [-0.39, 0.29) is 5.56 Å². The van der Waals surface area contributed by atoms with Gasteiger partial charge in [-0.1, -0.05) is 29.8 Å². The summed E-state index contributed by atoms with van der Waals surface area (Å²) in [7, 11) is 1.74. The minimum atomic E-state index is -0.955. The van der Waals surface area contributed by atoms with Crippen LogP contribution in [0.2, 0.25) is 0 Å². The number of carboxylic acid groups (broad SMARTS) is 1. The van der Waals surface area contributed by atoms with E-state index in [4.69, 9.17) is 5.11 Å². The van der Waals surface area contributed by atoms with Gasteiger partial charge in [-0.2, -0.15) is 5.10 Å². The zero-order valence-corrected chi connectivity index (χ0v) is 9.14. The first kappa shape index (κ1) is 10.4. The van der Waals surface area contributed by atoms with Gasteiger partial charge in [-0.05, 0) is 6.92 Å². The molecule has 0 bridgehead atoms. The van der Waals surface area contributed by atoms with E-state index in [1.807, 2.05) is 31.2 Å². The molecule has 2 rings (SSSR count). The quantitative estimate of drug-likeness (QED) is 0.836. The van der Waals surface area contributed by atoms with Gasteiger partial charge in [-0.25, -0.2) is 4.79 Å². The zero-order valence-electron chi connectivity index (χ0n) is 9.14. The van der Waals surface area contributed by atoms with Crippen LogP contribution in [0.1, 0.15) is 15.9 Å². The van der Waals surface area contributed by atoms with Gasteiger partial charge in [0, 0.05) is 12.6 Å². The van der Waals surface area contributed by atoms with Gasteiger partial charge in [0.1, 0.15) is 5.56 Å². The van der Waals surface area contributed by atoms with E-state index < -0.39 is 5.97 Å². The van der Waals surface area contributed by atoms with Crippen LogP contribution in [0.25, 0.3) is 11.3 Å². The van der Waals surface area contributed by atoms with Crippen molar-refractivity contribution in [3.8, 4) is 11.3 Å². The molecule has 0 aliphatic rings. The van der Waals surface area contributed by atoms with Crippen molar-refractivity contribution in [3.05, 3.63) is 41.6 Å². The Kier molecular flexibility index (Phi) is 2.48. The third kappa shape index (κ3) is 1.69. The van der Waals surface area contributed by atoms with Crippen molar-refractivity contribution in [2.24, 2.45) is 7.05 Å². The SMILES string of the molecule is Cc1ccc(-c2c(C(=O)O)cnn2C)cc1. The lowest BCUT2D eigenvalue weighted by molar-refractivity contribution is 0.0697. The predicted octanol–water partition coefficient (Wildman–Crippen LogP) is 2.09. The summed E-state index contributed by atoms with van der Waals surface area (Å²) in [6.07, 6.45) is 1.37. The number of rotatable bonds is 2. The van der Waals surface area contributed by atoms with Crippen molar-refractivity contribution in [1.82, 2.24) is 9.78 Å². The molecule has 0 fully saturated rings. The smallest absolute Gasteiger partial charge is 0.339 e. The Morgan fingerprint density at radius 2 is 1.94 bits per heavy atom. The molecule has 2 aromatic rings. The van der Waals surface area contributed by atoms with Gasteiger partial charge in [0.25, 0.3) is 0 Å². The van der Waals surface area contributed by atoms with Crippen molar-refractivity contribution >= 4 is 5.97 Å². The molecule has 0 saturated carbocycles. The fourth-order valence-corrected chi connectivity index (χ4v) is 1.65. The lowest BCUT2D eigenvalue weighted by atomic mass is 10.1. The lowest BCUT2D eigenvalue weighted by Crippen LogP contribution is -2.00. The number of aryl methyl sites for hydroxylation is 2. The molecule has 82 valence electrons. The molecule has 0 spiro atoms. The summed E-state index contributed by atoms with van der Waals surface area (Å²) in [6, 6.07) is 7.71. The van der Waals surface area contributed by atoms with Crippen LogP contribution in [0.4, 0.5) is 0 Å². The number of carboxylic acids is 1. The number of aromatic carboxylic acids is 1. The largest absolute Gasteiger partial charge is 0.478 e. The topological polar surface area (TPSA) is 55.1 Å². The molecule has 1 aromatic heterocycles. The second kappa shape index (κ2) is 3.81. The maximum Gasteiger partial charge on any atom is 0.339 e. The van der Waals surface area contributed by atoms with Gasteiger partial charge in [0.05, 0.1) is 11.9 Å². The second-order valence-corrected chi connectivity index (χ2v) is 3.70. The first-order valence-corrected chi connectivity index (χ1v) is 4.92. The molecular formula is C12H12N2O2. The van der Waals surface area contributed by atoms with Crippen LogP contribution < -0.4 is 0 Å². The number of carbonyl (C=O) groups is 1. The number of hydrogen-bond acceptors (Lipinski definition) is 2. The summed E-state index contributed by atoms with van der Waals surface area (Å²) in [5.74, 6) is -0.955. The Hall–Kier alpha value is -2.10. The van der Waals surface area contributed by atoms with Crippen LogP contribution >= 0.6 is 0 Å². The Labute approximate surface area is 93.1 Å². The van der Waals surface area contributed by atoms with Gasteiger partial charge >= 0.3 is 5.97 Å². The Balaban J connectivity index is 2.58. The van der Waals surface area contributed by atoms with E-state index >= 15 is 0 Å². The van der Waals surface area contributed by atoms with Crippen LogP contribution in [-0.2, 0) is 7.05 Å². The predicted molar refractivity (Wildman–Crippen MR) is 60.3 cm³/mol. The maximum atomic E-state index is 11.0. The van der Waals surface area contributed by atoms with Crippen LogP contribution in [0.5, 0.6) is 0 Å². The standard InChI is InChI=1S/C12H12N2O2/c1-8-3-5-9(6-4-8)11-10(12(15)16)7-13-14(11)2/h3-7H,1-2H3,(H,15,16). The minimum absolute atomic E-state index is 0.228. The van der Waals surface area contributed by atoms with Crippen LogP contribution in [0, 0.1) is 6.92 Å². The number of aromatic nitrogens is 2. The molecule has 1 aromatic carbocycles. The Morgan fingerprint density at radius 1 is 1.31 bits per heavy atom. The fraction of sp³-hybridized carbons (Fsp3) is 0.167. The molecule has 0 saturated heterocycles. The van der Waals surface area contributed by atoms with Crippen molar-refractivity contribution in [2.45, 2.75) is 6.92 Å². The monoisotopic (exact) mass is 216 g/mol. The summed E-state index contributed by atoms with van der Waals surface area (Å²) >= 11 is 0. The second-order valence-electron chi connectivity index (χ2n) is 3.70. The summed E-state index contributed by atoms with van der Waals surface area (Å²) in [4.78, 5) is 11.0. The number of benzene rings is 1. The highest BCUT2D eigenvalue weighted by Gasteiger charge is 2.16. The normalized spacial score (nSPS) is 10.4. The zero-order chi connectivity index (χ0) is 11.7. The molecule has 0 aliphatic heterocycles. The average Bonchev–Trinajstić information content (AvgIpc) is 2.62. The third-order valence-electron chi connectivity index (χ3n) is 2.49. The van der Waals surface area contributed by atoms with Crippen LogP contribution in [0.15, 0.2) is 30.5 Å². The highest BCUT2D eigenvalue weighted by molar-refractivity contribution is 5.94. The van der Waals surface area contributed by atoms with E-state index in [9.17, 15) is 4.79 Å². The van der Waals surface area contributed by atoms with Crippen molar-refractivity contribution in [2.75, 3.05) is 0 Å². The molecule has 16 heavy (non-hydrogen) atoms. The summed E-state index contributed by atoms with van der Waals surface area (Å²) < 4.78 is 1.58. The Morgan fingerprint density at radius 3 is 2.50 bits per heavy atom.